The predicted molar refractivity (Wildman–Crippen MR) is 76.6 cm³/mol. The fourth-order valence-corrected chi connectivity index (χ4v) is 1.75. The molecule has 0 fully saturated rings. The first-order valence-electron chi connectivity index (χ1n) is 6.40. The summed E-state index contributed by atoms with van der Waals surface area (Å²) >= 11 is 0. The molecule has 4 heteroatoms. The molecule has 0 aliphatic carbocycles. The SMILES string of the molecule is O=C(Oc1ccc(Oc2ccccc2)cc1)c1ccco1. The van der Waals surface area contributed by atoms with E-state index in [1.165, 1.54) is 6.26 Å². The number of para-hydroxylation sites is 1. The molecule has 0 spiro atoms. The number of carbonyl (C=O) groups is 1. The first kappa shape index (κ1) is 13.0. The molecule has 0 saturated heterocycles. The molecule has 2 aromatic carbocycles. The second-order valence-corrected chi connectivity index (χ2v) is 4.25. The Morgan fingerprint density at radius 1 is 0.762 bits per heavy atom. The van der Waals surface area contributed by atoms with Gasteiger partial charge in [-0.05, 0) is 48.5 Å². The molecule has 21 heavy (non-hydrogen) atoms. The number of rotatable bonds is 4. The minimum absolute atomic E-state index is 0.166. The van der Waals surface area contributed by atoms with Gasteiger partial charge in [-0.2, -0.15) is 0 Å². The molecule has 0 aliphatic rings. The van der Waals surface area contributed by atoms with Crippen molar-refractivity contribution in [1.82, 2.24) is 0 Å². The van der Waals surface area contributed by atoms with Gasteiger partial charge in [0.25, 0.3) is 0 Å². The average molecular weight is 280 g/mol. The van der Waals surface area contributed by atoms with Crippen LogP contribution >= 0.6 is 0 Å². The zero-order chi connectivity index (χ0) is 14.5. The van der Waals surface area contributed by atoms with E-state index >= 15 is 0 Å². The van der Waals surface area contributed by atoms with Crippen LogP contribution in [-0.4, -0.2) is 5.97 Å². The number of esters is 1. The molecule has 0 N–H and O–H groups in total. The quantitative estimate of drug-likeness (QED) is 0.528. The molecule has 0 radical (unpaired) electrons. The molecular weight excluding hydrogens is 268 g/mol. The van der Waals surface area contributed by atoms with E-state index in [9.17, 15) is 4.79 Å². The first-order chi connectivity index (χ1) is 10.3. The second-order valence-electron chi connectivity index (χ2n) is 4.25. The molecule has 1 heterocycles. The Bertz CT molecular complexity index is 700. The van der Waals surface area contributed by atoms with Gasteiger partial charge in [0.15, 0.2) is 0 Å². The zero-order valence-corrected chi connectivity index (χ0v) is 11.1. The highest BCUT2D eigenvalue weighted by Gasteiger charge is 2.11. The number of furan rings is 1. The van der Waals surface area contributed by atoms with Crippen LogP contribution in [0.15, 0.2) is 77.4 Å². The molecule has 0 unspecified atom stereocenters. The van der Waals surface area contributed by atoms with Gasteiger partial charge in [-0.25, -0.2) is 4.79 Å². The Morgan fingerprint density at radius 3 is 2.10 bits per heavy atom. The maximum absolute atomic E-state index is 11.7. The van der Waals surface area contributed by atoms with E-state index < -0.39 is 5.97 Å². The molecule has 0 atom stereocenters. The van der Waals surface area contributed by atoms with Crippen molar-refractivity contribution in [2.45, 2.75) is 0 Å². The predicted octanol–water partition coefficient (Wildman–Crippen LogP) is 4.29. The maximum atomic E-state index is 11.7. The molecule has 4 nitrogen and oxygen atoms in total. The molecule has 104 valence electrons. The summed E-state index contributed by atoms with van der Waals surface area (Å²) in [6.45, 7) is 0. The van der Waals surface area contributed by atoms with Crippen LogP contribution in [0.5, 0.6) is 17.2 Å². The van der Waals surface area contributed by atoms with Gasteiger partial charge in [-0.1, -0.05) is 18.2 Å². The van der Waals surface area contributed by atoms with Crippen molar-refractivity contribution in [3.8, 4) is 17.2 Å². The lowest BCUT2D eigenvalue weighted by atomic mass is 10.3. The van der Waals surface area contributed by atoms with Gasteiger partial charge in [0.1, 0.15) is 17.2 Å². The maximum Gasteiger partial charge on any atom is 0.379 e. The third kappa shape index (κ3) is 3.30. The molecule has 3 rings (SSSR count). The van der Waals surface area contributed by atoms with Crippen LogP contribution < -0.4 is 9.47 Å². The normalized spacial score (nSPS) is 10.1. The van der Waals surface area contributed by atoms with Crippen molar-refractivity contribution >= 4 is 5.97 Å². The minimum atomic E-state index is -0.531. The molecule has 0 amide bonds. The minimum Gasteiger partial charge on any atom is -0.457 e. The zero-order valence-electron chi connectivity index (χ0n) is 11.1. The van der Waals surface area contributed by atoms with Crippen LogP contribution in [-0.2, 0) is 0 Å². The van der Waals surface area contributed by atoms with E-state index in [1.54, 1.807) is 36.4 Å². The summed E-state index contributed by atoms with van der Waals surface area (Å²) in [7, 11) is 0. The summed E-state index contributed by atoms with van der Waals surface area (Å²) in [5, 5.41) is 0. The Morgan fingerprint density at radius 2 is 1.43 bits per heavy atom. The highest BCUT2D eigenvalue weighted by atomic mass is 16.5. The van der Waals surface area contributed by atoms with Crippen LogP contribution in [0, 0.1) is 0 Å². The van der Waals surface area contributed by atoms with E-state index in [1.807, 2.05) is 30.3 Å². The average Bonchev–Trinajstić information content (AvgIpc) is 3.05. The van der Waals surface area contributed by atoms with Crippen molar-refractivity contribution in [3.63, 3.8) is 0 Å². The lowest BCUT2D eigenvalue weighted by molar-refractivity contribution is 0.0701. The third-order valence-electron chi connectivity index (χ3n) is 2.74. The van der Waals surface area contributed by atoms with Gasteiger partial charge in [-0.15, -0.1) is 0 Å². The van der Waals surface area contributed by atoms with Gasteiger partial charge in [-0.3, -0.25) is 0 Å². The first-order valence-corrected chi connectivity index (χ1v) is 6.40. The molecule has 3 aromatic rings. The smallest absolute Gasteiger partial charge is 0.379 e. The van der Waals surface area contributed by atoms with E-state index in [2.05, 4.69) is 0 Å². The van der Waals surface area contributed by atoms with Gasteiger partial charge in [0.2, 0.25) is 5.76 Å². The number of ether oxygens (including phenoxy) is 2. The summed E-state index contributed by atoms with van der Waals surface area (Å²) in [6.07, 6.45) is 1.42. The van der Waals surface area contributed by atoms with Crippen molar-refractivity contribution in [3.05, 3.63) is 78.8 Å². The van der Waals surface area contributed by atoms with Crippen LogP contribution in [0.2, 0.25) is 0 Å². The van der Waals surface area contributed by atoms with Crippen molar-refractivity contribution < 1.29 is 18.7 Å². The lowest BCUT2D eigenvalue weighted by Crippen LogP contribution is -2.06. The Labute approximate surface area is 121 Å². The Kier molecular flexibility index (Phi) is 3.69. The van der Waals surface area contributed by atoms with E-state index in [4.69, 9.17) is 13.9 Å². The summed E-state index contributed by atoms with van der Waals surface area (Å²) < 4.78 is 15.8. The number of carbonyl (C=O) groups excluding carboxylic acids is 1. The van der Waals surface area contributed by atoms with Gasteiger partial charge in [0.05, 0.1) is 6.26 Å². The molecular formula is C17H12O4. The highest BCUT2D eigenvalue weighted by Crippen LogP contribution is 2.23. The summed E-state index contributed by atoms with van der Waals surface area (Å²) in [4.78, 5) is 11.7. The van der Waals surface area contributed by atoms with Crippen LogP contribution in [0.1, 0.15) is 10.6 Å². The van der Waals surface area contributed by atoms with Gasteiger partial charge < -0.3 is 13.9 Å². The highest BCUT2D eigenvalue weighted by molar-refractivity contribution is 5.88. The summed E-state index contributed by atoms with van der Waals surface area (Å²) in [5.41, 5.74) is 0. The number of benzene rings is 2. The molecule has 0 saturated carbocycles. The van der Waals surface area contributed by atoms with Crippen LogP contribution in [0.3, 0.4) is 0 Å². The standard InChI is InChI=1S/C17H12O4/c18-17(16-7-4-12-19-16)21-15-10-8-14(9-11-15)20-13-5-2-1-3-6-13/h1-12H. The van der Waals surface area contributed by atoms with Gasteiger partial charge >= 0.3 is 5.97 Å². The van der Waals surface area contributed by atoms with Crippen LogP contribution in [0.25, 0.3) is 0 Å². The van der Waals surface area contributed by atoms with E-state index in [-0.39, 0.29) is 5.76 Å². The molecule has 1 aromatic heterocycles. The van der Waals surface area contributed by atoms with Crippen molar-refractivity contribution in [2.24, 2.45) is 0 Å². The molecule has 0 bridgehead atoms. The third-order valence-corrected chi connectivity index (χ3v) is 2.74. The lowest BCUT2D eigenvalue weighted by Gasteiger charge is -2.06. The fourth-order valence-electron chi connectivity index (χ4n) is 1.75. The van der Waals surface area contributed by atoms with E-state index in [0.29, 0.717) is 11.5 Å². The Balaban J connectivity index is 1.65. The van der Waals surface area contributed by atoms with Crippen molar-refractivity contribution in [1.29, 1.82) is 0 Å². The summed E-state index contributed by atoms with van der Waals surface area (Å²) in [5.74, 6) is 1.48. The topological polar surface area (TPSA) is 48.7 Å². The van der Waals surface area contributed by atoms with Crippen LogP contribution in [0.4, 0.5) is 0 Å². The van der Waals surface area contributed by atoms with Gasteiger partial charge in [0, 0.05) is 0 Å². The summed E-state index contributed by atoms with van der Waals surface area (Å²) in [6, 6.07) is 19.4. The Hall–Kier alpha value is -3.01. The van der Waals surface area contributed by atoms with Crippen molar-refractivity contribution in [2.75, 3.05) is 0 Å². The largest absolute Gasteiger partial charge is 0.457 e. The van der Waals surface area contributed by atoms with E-state index in [0.717, 1.165) is 5.75 Å². The molecule has 0 aliphatic heterocycles. The fraction of sp³-hybridized carbons (Fsp3) is 0. The monoisotopic (exact) mass is 280 g/mol. The second kappa shape index (κ2) is 5.96. The number of hydrogen-bond donors (Lipinski definition) is 0. The number of hydrogen-bond acceptors (Lipinski definition) is 4.